The molecule has 120 valence electrons. The van der Waals surface area contributed by atoms with E-state index < -0.39 is 0 Å². The number of carbonyl (C=O) groups excluding carboxylic acids is 1. The molecular formula is C16H9Cl2N3O3. The Balaban J connectivity index is 1.86. The Labute approximate surface area is 146 Å². The number of halogens is 2. The number of aromatic nitrogens is 3. The van der Waals surface area contributed by atoms with Crippen molar-refractivity contribution in [1.29, 1.82) is 0 Å². The van der Waals surface area contributed by atoms with Gasteiger partial charge < -0.3 is 9.84 Å². The van der Waals surface area contributed by atoms with Crippen LogP contribution in [0.15, 0.2) is 48.5 Å². The Hall–Kier alpha value is -2.70. The Morgan fingerprint density at radius 1 is 0.958 bits per heavy atom. The Morgan fingerprint density at radius 3 is 2.25 bits per heavy atom. The molecule has 1 N–H and O–H groups in total. The fourth-order valence-electron chi connectivity index (χ4n) is 1.97. The minimum Gasteiger partial charge on any atom is -0.507 e. The van der Waals surface area contributed by atoms with Crippen LogP contribution in [0.25, 0.3) is 0 Å². The average Bonchev–Trinajstić information content (AvgIpc) is 2.54. The lowest BCUT2D eigenvalue weighted by Crippen LogP contribution is -2.02. The van der Waals surface area contributed by atoms with Gasteiger partial charge in [0.05, 0.1) is 5.56 Å². The van der Waals surface area contributed by atoms with Crippen LogP contribution in [0.3, 0.4) is 0 Å². The van der Waals surface area contributed by atoms with Gasteiger partial charge in [-0.2, -0.15) is 15.0 Å². The number of phenolic OH excluding ortho intramolecular Hbond substituents is 1. The molecule has 0 fully saturated rings. The average molecular weight is 362 g/mol. The number of carbonyl (C=O) groups is 1. The van der Waals surface area contributed by atoms with Crippen LogP contribution < -0.4 is 4.74 Å². The third kappa shape index (κ3) is 3.61. The first-order chi connectivity index (χ1) is 11.5. The molecule has 0 radical (unpaired) electrons. The van der Waals surface area contributed by atoms with E-state index in [0.717, 1.165) is 0 Å². The van der Waals surface area contributed by atoms with Crippen molar-refractivity contribution in [3.63, 3.8) is 0 Å². The Kier molecular flexibility index (Phi) is 4.59. The van der Waals surface area contributed by atoms with Gasteiger partial charge in [0.15, 0.2) is 5.78 Å². The molecule has 0 bridgehead atoms. The minimum atomic E-state index is -0.300. The van der Waals surface area contributed by atoms with Crippen LogP contribution in [0.2, 0.25) is 10.6 Å². The summed E-state index contributed by atoms with van der Waals surface area (Å²) in [5.41, 5.74) is 0.623. The maximum atomic E-state index is 12.4. The summed E-state index contributed by atoms with van der Waals surface area (Å²) in [6.45, 7) is 0. The van der Waals surface area contributed by atoms with E-state index in [1.807, 2.05) is 0 Å². The van der Waals surface area contributed by atoms with Crippen molar-refractivity contribution in [2.75, 3.05) is 0 Å². The summed E-state index contributed by atoms with van der Waals surface area (Å²) in [6, 6.07) is 12.7. The quantitative estimate of drug-likeness (QED) is 0.709. The number of benzene rings is 2. The fraction of sp³-hybridized carbons (Fsp3) is 0. The number of hydrogen-bond acceptors (Lipinski definition) is 6. The fourth-order valence-corrected chi connectivity index (χ4v) is 2.32. The summed E-state index contributed by atoms with van der Waals surface area (Å²) in [7, 11) is 0. The number of rotatable bonds is 4. The summed E-state index contributed by atoms with van der Waals surface area (Å²) in [5, 5.41) is 9.86. The molecule has 1 aromatic heterocycles. The number of phenols is 1. The molecule has 3 aromatic rings. The molecule has 2 aromatic carbocycles. The molecule has 1 heterocycles. The SMILES string of the molecule is O=C(c1ccccc1)c1ccc(Oc2nc(Cl)nc(Cl)n2)cc1O. The molecule has 0 amide bonds. The van der Waals surface area contributed by atoms with Gasteiger partial charge in [-0.3, -0.25) is 4.79 Å². The largest absolute Gasteiger partial charge is 0.507 e. The zero-order valence-corrected chi connectivity index (χ0v) is 13.5. The molecule has 0 aliphatic carbocycles. The second kappa shape index (κ2) is 6.82. The van der Waals surface area contributed by atoms with Crippen molar-refractivity contribution in [3.05, 3.63) is 70.2 Å². The highest BCUT2D eigenvalue weighted by Crippen LogP contribution is 2.28. The first-order valence-electron chi connectivity index (χ1n) is 6.70. The third-order valence-electron chi connectivity index (χ3n) is 3.02. The van der Waals surface area contributed by atoms with E-state index in [1.54, 1.807) is 30.3 Å². The van der Waals surface area contributed by atoms with E-state index in [9.17, 15) is 9.90 Å². The van der Waals surface area contributed by atoms with Gasteiger partial charge in [0.25, 0.3) is 0 Å². The summed E-state index contributed by atoms with van der Waals surface area (Å²) < 4.78 is 5.36. The van der Waals surface area contributed by atoms with E-state index >= 15 is 0 Å². The van der Waals surface area contributed by atoms with Gasteiger partial charge in [-0.1, -0.05) is 30.3 Å². The Morgan fingerprint density at radius 2 is 1.62 bits per heavy atom. The van der Waals surface area contributed by atoms with E-state index in [0.29, 0.717) is 5.56 Å². The topological polar surface area (TPSA) is 85.2 Å². The van der Waals surface area contributed by atoms with Crippen LogP contribution >= 0.6 is 23.2 Å². The predicted molar refractivity (Wildman–Crippen MR) is 87.9 cm³/mol. The van der Waals surface area contributed by atoms with Crippen molar-refractivity contribution in [3.8, 4) is 17.5 Å². The van der Waals surface area contributed by atoms with Crippen molar-refractivity contribution in [2.24, 2.45) is 0 Å². The number of ether oxygens (including phenoxy) is 1. The van der Waals surface area contributed by atoms with Gasteiger partial charge in [-0.15, -0.1) is 0 Å². The lowest BCUT2D eigenvalue weighted by atomic mass is 10.0. The number of ketones is 1. The number of aromatic hydroxyl groups is 1. The van der Waals surface area contributed by atoms with E-state index in [4.69, 9.17) is 27.9 Å². The lowest BCUT2D eigenvalue weighted by Gasteiger charge is -2.07. The molecule has 8 heteroatoms. The predicted octanol–water partition coefficient (Wildman–Crippen LogP) is 3.91. The normalized spacial score (nSPS) is 10.4. The lowest BCUT2D eigenvalue weighted by molar-refractivity contribution is 0.103. The molecule has 0 spiro atoms. The number of hydrogen-bond donors (Lipinski definition) is 1. The molecule has 0 aliphatic rings. The van der Waals surface area contributed by atoms with Crippen molar-refractivity contribution in [2.45, 2.75) is 0 Å². The molecule has 0 saturated carbocycles. The van der Waals surface area contributed by atoms with Gasteiger partial charge in [-0.25, -0.2) is 0 Å². The van der Waals surface area contributed by atoms with Crippen LogP contribution in [0.1, 0.15) is 15.9 Å². The zero-order chi connectivity index (χ0) is 17.1. The van der Waals surface area contributed by atoms with Crippen LogP contribution in [0.4, 0.5) is 0 Å². The van der Waals surface area contributed by atoms with Gasteiger partial charge >= 0.3 is 6.01 Å². The van der Waals surface area contributed by atoms with Gasteiger partial charge in [-0.05, 0) is 35.3 Å². The molecule has 3 rings (SSSR count). The first kappa shape index (κ1) is 16.2. The van der Waals surface area contributed by atoms with Crippen LogP contribution in [-0.4, -0.2) is 25.8 Å². The summed E-state index contributed by atoms with van der Waals surface area (Å²) in [4.78, 5) is 23.5. The monoisotopic (exact) mass is 361 g/mol. The third-order valence-corrected chi connectivity index (χ3v) is 3.36. The molecule has 6 nitrogen and oxygen atoms in total. The highest BCUT2D eigenvalue weighted by Gasteiger charge is 2.15. The van der Waals surface area contributed by atoms with Crippen molar-refractivity contribution < 1.29 is 14.6 Å². The molecule has 0 unspecified atom stereocenters. The molecule has 24 heavy (non-hydrogen) atoms. The van der Waals surface area contributed by atoms with Crippen molar-refractivity contribution in [1.82, 2.24) is 15.0 Å². The summed E-state index contributed by atoms with van der Waals surface area (Å²) in [6.07, 6.45) is 0. The molecule has 0 saturated heterocycles. The van der Waals surface area contributed by atoms with Crippen LogP contribution in [0, 0.1) is 0 Å². The van der Waals surface area contributed by atoms with E-state index in [1.165, 1.54) is 18.2 Å². The van der Waals surface area contributed by atoms with Crippen molar-refractivity contribution >= 4 is 29.0 Å². The van der Waals surface area contributed by atoms with Gasteiger partial charge in [0.1, 0.15) is 11.5 Å². The number of nitrogens with zero attached hydrogens (tertiary/aromatic N) is 3. The van der Waals surface area contributed by atoms with Crippen LogP contribution in [-0.2, 0) is 0 Å². The Bertz CT molecular complexity index is 884. The van der Waals surface area contributed by atoms with E-state index in [-0.39, 0.29) is 39.4 Å². The highest BCUT2D eigenvalue weighted by atomic mass is 35.5. The zero-order valence-electron chi connectivity index (χ0n) is 12.0. The maximum Gasteiger partial charge on any atom is 0.327 e. The molecule has 0 atom stereocenters. The smallest absolute Gasteiger partial charge is 0.327 e. The van der Waals surface area contributed by atoms with Gasteiger partial charge in [0, 0.05) is 11.6 Å². The minimum absolute atomic E-state index is 0.120. The van der Waals surface area contributed by atoms with Gasteiger partial charge in [0.2, 0.25) is 10.6 Å². The molecular weight excluding hydrogens is 353 g/mol. The highest BCUT2D eigenvalue weighted by molar-refractivity contribution is 6.31. The van der Waals surface area contributed by atoms with Crippen LogP contribution in [0.5, 0.6) is 17.5 Å². The molecule has 0 aliphatic heterocycles. The second-order valence-corrected chi connectivity index (χ2v) is 5.31. The summed E-state index contributed by atoms with van der Waals surface area (Å²) in [5.74, 6) is -0.311. The maximum absolute atomic E-state index is 12.4. The first-order valence-corrected chi connectivity index (χ1v) is 7.46. The standard InChI is InChI=1S/C16H9Cl2N3O3/c17-14-19-15(18)21-16(20-14)24-10-6-7-11(12(22)8-10)13(23)9-4-2-1-3-5-9/h1-8,22H. The second-order valence-electron chi connectivity index (χ2n) is 4.63. The van der Waals surface area contributed by atoms with E-state index in [2.05, 4.69) is 15.0 Å². The summed E-state index contributed by atoms with van der Waals surface area (Å²) >= 11 is 11.3.